The second-order valence-electron chi connectivity index (χ2n) is 3.63. The summed E-state index contributed by atoms with van der Waals surface area (Å²) in [6.45, 7) is 7.86. The lowest BCUT2D eigenvalue weighted by molar-refractivity contribution is -0.119. The number of nitrogens with one attached hydrogen (secondary N) is 1. The van der Waals surface area contributed by atoms with E-state index in [-0.39, 0.29) is 5.91 Å². The van der Waals surface area contributed by atoms with Crippen LogP contribution in [0.25, 0.3) is 0 Å². The van der Waals surface area contributed by atoms with Crippen LogP contribution in [0.1, 0.15) is 40.0 Å². The summed E-state index contributed by atoms with van der Waals surface area (Å²) in [4.78, 5) is 13.1. The van der Waals surface area contributed by atoms with Crippen molar-refractivity contribution in [3.63, 3.8) is 0 Å². The van der Waals surface area contributed by atoms with Crippen LogP contribution in [0.3, 0.4) is 0 Å². The second kappa shape index (κ2) is 7.80. The van der Waals surface area contributed by atoms with Gasteiger partial charge in [-0.3, -0.25) is 4.79 Å². The highest BCUT2D eigenvalue weighted by molar-refractivity contribution is 5.73. The topological polar surface area (TPSA) is 32.3 Å². The van der Waals surface area contributed by atoms with Gasteiger partial charge in [0, 0.05) is 13.0 Å². The number of nitrogens with zero attached hydrogens (tertiary/aromatic N) is 1. The molecule has 0 aromatic carbocycles. The number of hydrogen-bond acceptors (Lipinski definition) is 2. The van der Waals surface area contributed by atoms with Crippen molar-refractivity contribution in [1.29, 1.82) is 0 Å². The van der Waals surface area contributed by atoms with Crippen LogP contribution in [0.5, 0.6) is 0 Å². The molecular weight excluding hydrogens is 176 g/mol. The summed E-state index contributed by atoms with van der Waals surface area (Å²) in [6, 6.07) is 0.410. The lowest BCUT2D eigenvalue weighted by Gasteiger charge is -2.15. The first-order valence-corrected chi connectivity index (χ1v) is 5.64. The molecule has 1 heterocycles. The number of carbonyl (C=O) groups excluding carboxylic acids is 1. The minimum absolute atomic E-state index is 0.101. The third-order valence-corrected chi connectivity index (χ3v) is 2.36. The van der Waals surface area contributed by atoms with E-state index in [0.29, 0.717) is 6.04 Å². The first-order chi connectivity index (χ1) is 6.68. The second-order valence-corrected chi connectivity index (χ2v) is 3.63. The third-order valence-electron chi connectivity index (χ3n) is 2.36. The van der Waals surface area contributed by atoms with Gasteiger partial charge in [0.1, 0.15) is 0 Å². The molecule has 0 spiro atoms. The third kappa shape index (κ3) is 5.97. The number of amides is 1. The first kappa shape index (κ1) is 13.4. The van der Waals surface area contributed by atoms with Gasteiger partial charge >= 0.3 is 0 Å². The molecule has 0 aromatic heterocycles. The van der Waals surface area contributed by atoms with Crippen molar-refractivity contribution in [2.24, 2.45) is 0 Å². The van der Waals surface area contributed by atoms with Crippen LogP contribution in [0.4, 0.5) is 0 Å². The smallest absolute Gasteiger partial charge is 0.217 e. The van der Waals surface area contributed by atoms with Gasteiger partial charge in [0.2, 0.25) is 5.91 Å². The van der Waals surface area contributed by atoms with Crippen molar-refractivity contribution in [2.75, 3.05) is 20.1 Å². The van der Waals surface area contributed by atoms with E-state index >= 15 is 0 Å². The lowest BCUT2D eigenvalue weighted by Crippen LogP contribution is -2.33. The molecule has 1 unspecified atom stereocenters. The largest absolute Gasteiger partial charge is 0.354 e. The van der Waals surface area contributed by atoms with Gasteiger partial charge in [-0.05, 0) is 39.4 Å². The SMILES string of the molecule is CC.CC(=O)NC1CCCN(C)CC1. The van der Waals surface area contributed by atoms with Crippen LogP contribution in [0.2, 0.25) is 0 Å². The molecule has 1 amide bonds. The predicted molar refractivity (Wildman–Crippen MR) is 60.3 cm³/mol. The van der Waals surface area contributed by atoms with Crippen LogP contribution in [0.15, 0.2) is 0 Å². The summed E-state index contributed by atoms with van der Waals surface area (Å²) in [6.07, 6.45) is 3.42. The highest BCUT2D eigenvalue weighted by Gasteiger charge is 2.14. The Labute approximate surface area is 87.9 Å². The van der Waals surface area contributed by atoms with E-state index < -0.39 is 0 Å². The van der Waals surface area contributed by atoms with Crippen molar-refractivity contribution in [3.8, 4) is 0 Å². The average Bonchev–Trinajstić information content (AvgIpc) is 2.34. The molecule has 1 atom stereocenters. The van der Waals surface area contributed by atoms with Gasteiger partial charge < -0.3 is 10.2 Å². The van der Waals surface area contributed by atoms with Gasteiger partial charge in [0.25, 0.3) is 0 Å². The normalized spacial score (nSPS) is 23.0. The molecule has 0 aromatic rings. The van der Waals surface area contributed by atoms with Gasteiger partial charge in [-0.15, -0.1) is 0 Å². The molecule has 14 heavy (non-hydrogen) atoms. The van der Waals surface area contributed by atoms with E-state index in [4.69, 9.17) is 0 Å². The summed E-state index contributed by atoms with van der Waals surface area (Å²) in [5.41, 5.74) is 0. The van der Waals surface area contributed by atoms with Crippen LogP contribution in [-0.4, -0.2) is 37.0 Å². The zero-order valence-corrected chi connectivity index (χ0v) is 9.97. The van der Waals surface area contributed by atoms with E-state index in [0.717, 1.165) is 25.9 Å². The molecule has 3 heteroatoms. The molecule has 0 saturated carbocycles. The van der Waals surface area contributed by atoms with E-state index in [1.54, 1.807) is 6.92 Å². The quantitative estimate of drug-likeness (QED) is 0.698. The molecule has 3 nitrogen and oxygen atoms in total. The monoisotopic (exact) mass is 200 g/mol. The average molecular weight is 200 g/mol. The minimum Gasteiger partial charge on any atom is -0.354 e. The number of hydrogen-bond donors (Lipinski definition) is 1. The van der Waals surface area contributed by atoms with E-state index in [1.165, 1.54) is 6.42 Å². The van der Waals surface area contributed by atoms with E-state index in [9.17, 15) is 4.79 Å². The lowest BCUT2D eigenvalue weighted by atomic mass is 10.1. The van der Waals surface area contributed by atoms with Crippen LogP contribution >= 0.6 is 0 Å². The first-order valence-electron chi connectivity index (χ1n) is 5.64. The summed E-state index contributed by atoms with van der Waals surface area (Å²) >= 11 is 0. The fraction of sp³-hybridized carbons (Fsp3) is 0.909. The number of likely N-dealkylation sites (tertiary alicyclic amines) is 1. The number of rotatable bonds is 1. The van der Waals surface area contributed by atoms with Gasteiger partial charge in [-0.1, -0.05) is 13.8 Å². The fourth-order valence-corrected chi connectivity index (χ4v) is 1.67. The Morgan fingerprint density at radius 1 is 1.29 bits per heavy atom. The van der Waals surface area contributed by atoms with Crippen LogP contribution < -0.4 is 5.32 Å². The van der Waals surface area contributed by atoms with Crippen molar-refractivity contribution in [2.45, 2.75) is 46.1 Å². The summed E-state index contributed by atoms with van der Waals surface area (Å²) < 4.78 is 0. The van der Waals surface area contributed by atoms with Crippen molar-refractivity contribution >= 4 is 5.91 Å². The molecular formula is C11H24N2O. The molecule has 0 aliphatic carbocycles. The Bertz CT molecular complexity index is 159. The molecule has 1 rings (SSSR count). The standard InChI is InChI=1S/C9H18N2O.C2H6/c1-8(12)10-9-4-3-6-11(2)7-5-9;1-2/h9H,3-7H2,1-2H3,(H,10,12);1-2H3. The molecule has 1 saturated heterocycles. The van der Waals surface area contributed by atoms with Crippen LogP contribution in [-0.2, 0) is 4.79 Å². The highest BCUT2D eigenvalue weighted by atomic mass is 16.1. The highest BCUT2D eigenvalue weighted by Crippen LogP contribution is 2.08. The molecule has 84 valence electrons. The molecule has 1 aliphatic heterocycles. The molecule has 1 aliphatic rings. The Morgan fingerprint density at radius 3 is 2.50 bits per heavy atom. The van der Waals surface area contributed by atoms with E-state index in [2.05, 4.69) is 17.3 Å². The van der Waals surface area contributed by atoms with E-state index in [1.807, 2.05) is 13.8 Å². The predicted octanol–water partition coefficient (Wildman–Crippen LogP) is 1.63. The Hall–Kier alpha value is -0.570. The maximum atomic E-state index is 10.8. The molecule has 1 fully saturated rings. The zero-order chi connectivity index (χ0) is 11.0. The summed E-state index contributed by atoms with van der Waals surface area (Å²) in [5, 5.41) is 2.98. The summed E-state index contributed by atoms with van der Waals surface area (Å²) in [7, 11) is 2.14. The van der Waals surface area contributed by atoms with Gasteiger partial charge in [0.15, 0.2) is 0 Å². The van der Waals surface area contributed by atoms with Gasteiger partial charge in [-0.25, -0.2) is 0 Å². The Balaban J connectivity index is 0.000000791. The molecule has 0 bridgehead atoms. The van der Waals surface area contributed by atoms with Crippen molar-refractivity contribution < 1.29 is 4.79 Å². The maximum Gasteiger partial charge on any atom is 0.217 e. The fourth-order valence-electron chi connectivity index (χ4n) is 1.67. The van der Waals surface area contributed by atoms with Gasteiger partial charge in [0.05, 0.1) is 0 Å². The van der Waals surface area contributed by atoms with Crippen LogP contribution in [0, 0.1) is 0 Å². The zero-order valence-electron chi connectivity index (χ0n) is 9.97. The summed E-state index contributed by atoms with van der Waals surface area (Å²) in [5.74, 6) is 0.101. The van der Waals surface area contributed by atoms with Crippen molar-refractivity contribution in [3.05, 3.63) is 0 Å². The minimum atomic E-state index is 0.101. The van der Waals surface area contributed by atoms with Crippen molar-refractivity contribution in [1.82, 2.24) is 10.2 Å². The number of carbonyl (C=O) groups is 1. The Morgan fingerprint density at radius 2 is 1.93 bits per heavy atom. The molecule has 1 N–H and O–H groups in total. The molecule has 0 radical (unpaired) electrons. The Kier molecular flexibility index (Phi) is 7.48. The van der Waals surface area contributed by atoms with Gasteiger partial charge in [-0.2, -0.15) is 0 Å². The maximum absolute atomic E-state index is 10.8.